The third kappa shape index (κ3) is 4.19. The summed E-state index contributed by atoms with van der Waals surface area (Å²) in [6, 6.07) is 3.83. The second-order valence-corrected chi connectivity index (χ2v) is 6.02. The Hall–Kier alpha value is -1.64. The Morgan fingerprint density at radius 2 is 2.10 bits per heavy atom. The normalized spacial score (nSPS) is 12.8. The molecule has 112 valence electrons. The summed E-state index contributed by atoms with van der Waals surface area (Å²) in [6.07, 6.45) is 0. The van der Waals surface area contributed by atoms with Gasteiger partial charge in [0.15, 0.2) is 0 Å². The topological polar surface area (TPSA) is 111 Å². The van der Waals surface area contributed by atoms with E-state index in [-0.39, 0.29) is 23.4 Å². The molecule has 0 radical (unpaired) electrons. The van der Waals surface area contributed by atoms with Crippen molar-refractivity contribution in [3.63, 3.8) is 0 Å². The van der Waals surface area contributed by atoms with Crippen LogP contribution in [0.4, 0.5) is 5.69 Å². The van der Waals surface area contributed by atoms with Crippen LogP contribution in [-0.2, 0) is 14.8 Å². The number of amides is 1. The number of carbonyl (C=O) groups is 1. The molecule has 1 rings (SSSR count). The van der Waals surface area contributed by atoms with Crippen LogP contribution in [0, 0.1) is 0 Å². The van der Waals surface area contributed by atoms with Crippen LogP contribution in [0.3, 0.4) is 0 Å². The molecule has 8 heteroatoms. The molecule has 0 fully saturated rings. The summed E-state index contributed by atoms with van der Waals surface area (Å²) < 4.78 is 31.7. The predicted octanol–water partition coefficient (Wildman–Crippen LogP) is 0.279. The average Bonchev–Trinajstić information content (AvgIpc) is 2.37. The van der Waals surface area contributed by atoms with Gasteiger partial charge in [-0.05, 0) is 25.1 Å². The number of carbonyl (C=O) groups excluding carboxylic acids is 1. The lowest BCUT2D eigenvalue weighted by Gasteiger charge is -2.14. The first-order chi connectivity index (χ1) is 9.30. The highest BCUT2D eigenvalue weighted by atomic mass is 32.2. The summed E-state index contributed by atoms with van der Waals surface area (Å²) in [5, 5.41) is 2.52. The van der Waals surface area contributed by atoms with Crippen LogP contribution < -0.4 is 20.5 Å². The van der Waals surface area contributed by atoms with Gasteiger partial charge in [0.1, 0.15) is 5.75 Å². The molecule has 0 aliphatic rings. The number of benzene rings is 1. The maximum atomic E-state index is 12.1. The van der Waals surface area contributed by atoms with Crippen molar-refractivity contribution in [2.24, 2.45) is 5.73 Å². The third-order valence-electron chi connectivity index (χ3n) is 2.50. The maximum absolute atomic E-state index is 12.1. The molecule has 1 aromatic rings. The van der Waals surface area contributed by atoms with Gasteiger partial charge in [0.2, 0.25) is 15.9 Å². The molecule has 0 spiro atoms. The van der Waals surface area contributed by atoms with E-state index in [1.165, 1.54) is 32.2 Å². The van der Waals surface area contributed by atoms with E-state index in [2.05, 4.69) is 10.0 Å². The van der Waals surface area contributed by atoms with Gasteiger partial charge in [-0.1, -0.05) is 0 Å². The van der Waals surface area contributed by atoms with E-state index in [0.717, 1.165) is 0 Å². The van der Waals surface area contributed by atoms with Crippen LogP contribution in [-0.4, -0.2) is 34.0 Å². The zero-order valence-electron chi connectivity index (χ0n) is 11.6. The van der Waals surface area contributed by atoms with Gasteiger partial charge < -0.3 is 15.8 Å². The molecule has 1 aromatic carbocycles. The van der Waals surface area contributed by atoms with Crippen molar-refractivity contribution in [2.75, 3.05) is 19.0 Å². The largest absolute Gasteiger partial charge is 0.495 e. The minimum atomic E-state index is -3.69. The summed E-state index contributed by atoms with van der Waals surface area (Å²) in [7, 11) is -2.26. The molecule has 4 N–H and O–H groups in total. The molecule has 0 aliphatic heterocycles. The van der Waals surface area contributed by atoms with Crippen LogP contribution in [0.5, 0.6) is 5.75 Å². The van der Waals surface area contributed by atoms with Crippen molar-refractivity contribution in [3.05, 3.63) is 18.2 Å². The van der Waals surface area contributed by atoms with E-state index in [4.69, 9.17) is 10.5 Å². The van der Waals surface area contributed by atoms with Crippen molar-refractivity contribution in [2.45, 2.75) is 24.8 Å². The fourth-order valence-electron chi connectivity index (χ4n) is 1.52. The molecule has 1 amide bonds. The highest BCUT2D eigenvalue weighted by Gasteiger charge is 2.18. The zero-order valence-corrected chi connectivity index (χ0v) is 12.5. The van der Waals surface area contributed by atoms with Crippen molar-refractivity contribution in [1.82, 2.24) is 4.72 Å². The Morgan fingerprint density at radius 3 is 2.60 bits per heavy atom. The van der Waals surface area contributed by atoms with Gasteiger partial charge in [-0.15, -0.1) is 0 Å². The number of ether oxygens (including phenoxy) is 1. The highest BCUT2D eigenvalue weighted by Crippen LogP contribution is 2.27. The van der Waals surface area contributed by atoms with Gasteiger partial charge in [-0.2, -0.15) is 0 Å². The van der Waals surface area contributed by atoms with Crippen LogP contribution in [0.25, 0.3) is 0 Å². The number of rotatable bonds is 6. The second-order valence-electron chi connectivity index (χ2n) is 4.30. The molecule has 0 saturated heterocycles. The van der Waals surface area contributed by atoms with Gasteiger partial charge in [0, 0.05) is 19.5 Å². The number of hydrogen-bond donors (Lipinski definition) is 3. The fourth-order valence-corrected chi connectivity index (χ4v) is 2.80. The number of hydrogen-bond acceptors (Lipinski definition) is 5. The first-order valence-electron chi connectivity index (χ1n) is 5.98. The molecule has 0 bridgehead atoms. The molecule has 1 atom stereocenters. The van der Waals surface area contributed by atoms with Gasteiger partial charge in [-0.25, -0.2) is 13.1 Å². The summed E-state index contributed by atoms with van der Waals surface area (Å²) in [4.78, 5) is 11.1. The van der Waals surface area contributed by atoms with E-state index >= 15 is 0 Å². The standard InChI is InChI=1S/C12H19N3O4S/c1-8(7-13)15-20(17,18)10-4-5-12(19-3)11(6-10)14-9(2)16/h4-6,8,15H,7,13H2,1-3H3,(H,14,16)/t8-/m1/s1. The molecular weight excluding hydrogens is 282 g/mol. The monoisotopic (exact) mass is 301 g/mol. The van der Waals surface area contributed by atoms with Gasteiger partial charge in [0.05, 0.1) is 17.7 Å². The minimum absolute atomic E-state index is 0.0300. The molecule has 0 heterocycles. The molecule has 7 nitrogen and oxygen atoms in total. The molecule has 0 aromatic heterocycles. The zero-order chi connectivity index (χ0) is 15.3. The Bertz CT molecular complexity index is 586. The van der Waals surface area contributed by atoms with Crippen LogP contribution in [0.15, 0.2) is 23.1 Å². The van der Waals surface area contributed by atoms with Crippen molar-refractivity contribution in [1.29, 1.82) is 0 Å². The molecular formula is C12H19N3O4S. The summed E-state index contributed by atoms with van der Waals surface area (Å²) >= 11 is 0. The average molecular weight is 301 g/mol. The summed E-state index contributed by atoms with van der Waals surface area (Å²) in [5.74, 6) is 0.0622. The quantitative estimate of drug-likeness (QED) is 0.699. The van der Waals surface area contributed by atoms with E-state index in [0.29, 0.717) is 11.4 Å². The van der Waals surface area contributed by atoms with E-state index in [1.54, 1.807) is 6.92 Å². The minimum Gasteiger partial charge on any atom is -0.495 e. The molecule has 0 aliphatic carbocycles. The van der Waals surface area contributed by atoms with Crippen LogP contribution >= 0.6 is 0 Å². The number of nitrogens with one attached hydrogen (secondary N) is 2. The summed E-state index contributed by atoms with van der Waals surface area (Å²) in [5.41, 5.74) is 5.69. The lowest BCUT2D eigenvalue weighted by Crippen LogP contribution is -2.37. The molecule has 0 unspecified atom stereocenters. The first-order valence-corrected chi connectivity index (χ1v) is 7.46. The smallest absolute Gasteiger partial charge is 0.240 e. The number of methoxy groups -OCH3 is 1. The fraction of sp³-hybridized carbons (Fsp3) is 0.417. The second kappa shape index (κ2) is 6.69. The number of sulfonamides is 1. The Morgan fingerprint density at radius 1 is 1.45 bits per heavy atom. The SMILES string of the molecule is COc1ccc(S(=O)(=O)N[C@H](C)CN)cc1NC(C)=O. The molecule has 20 heavy (non-hydrogen) atoms. The van der Waals surface area contributed by atoms with E-state index in [1.807, 2.05) is 0 Å². The van der Waals surface area contributed by atoms with Crippen LogP contribution in [0.1, 0.15) is 13.8 Å². The van der Waals surface area contributed by atoms with Crippen molar-refractivity contribution in [3.8, 4) is 5.75 Å². The van der Waals surface area contributed by atoms with Crippen molar-refractivity contribution >= 4 is 21.6 Å². The van der Waals surface area contributed by atoms with E-state index < -0.39 is 10.0 Å². The summed E-state index contributed by atoms with van der Waals surface area (Å²) in [6.45, 7) is 3.18. The highest BCUT2D eigenvalue weighted by molar-refractivity contribution is 7.89. The van der Waals surface area contributed by atoms with E-state index in [9.17, 15) is 13.2 Å². The van der Waals surface area contributed by atoms with Crippen LogP contribution in [0.2, 0.25) is 0 Å². The van der Waals surface area contributed by atoms with Gasteiger partial charge >= 0.3 is 0 Å². The number of anilines is 1. The number of nitrogens with two attached hydrogens (primary N) is 1. The first kappa shape index (κ1) is 16.4. The Labute approximate surface area is 118 Å². The maximum Gasteiger partial charge on any atom is 0.240 e. The lowest BCUT2D eigenvalue weighted by molar-refractivity contribution is -0.114. The van der Waals surface area contributed by atoms with Gasteiger partial charge in [-0.3, -0.25) is 4.79 Å². The van der Waals surface area contributed by atoms with Crippen molar-refractivity contribution < 1.29 is 17.9 Å². The molecule has 0 saturated carbocycles. The predicted molar refractivity (Wildman–Crippen MR) is 76.1 cm³/mol. The van der Waals surface area contributed by atoms with Gasteiger partial charge in [0.25, 0.3) is 0 Å². The lowest BCUT2D eigenvalue weighted by atomic mass is 10.3. The Kier molecular flexibility index (Phi) is 5.49. The third-order valence-corrected chi connectivity index (χ3v) is 4.09. The Balaban J connectivity index is 3.16.